The minimum atomic E-state index is -0.246. The lowest BCUT2D eigenvalue weighted by Crippen LogP contribution is -2.38. The van der Waals surface area contributed by atoms with Gasteiger partial charge in [0.2, 0.25) is 0 Å². The summed E-state index contributed by atoms with van der Waals surface area (Å²) in [6.45, 7) is 6.50. The highest BCUT2D eigenvalue weighted by molar-refractivity contribution is 5.73. The molecule has 3 heteroatoms. The molecule has 0 radical (unpaired) electrons. The molecule has 2 aromatic carbocycles. The van der Waals surface area contributed by atoms with Gasteiger partial charge in [0.1, 0.15) is 11.4 Å². The van der Waals surface area contributed by atoms with E-state index in [2.05, 4.69) is 45.0 Å². The van der Waals surface area contributed by atoms with E-state index in [-0.39, 0.29) is 23.4 Å². The number of aromatic hydroxyl groups is 1. The van der Waals surface area contributed by atoms with Crippen molar-refractivity contribution in [3.8, 4) is 5.75 Å². The van der Waals surface area contributed by atoms with Crippen LogP contribution in [0.3, 0.4) is 0 Å². The Morgan fingerprint density at radius 1 is 0.938 bits per heavy atom. The lowest BCUT2D eigenvalue weighted by Gasteiger charge is -2.37. The third kappa shape index (κ3) is 6.37. The first-order chi connectivity index (χ1) is 15.5. The number of ether oxygens (including phenoxy) is 1. The number of hydrogen-bond acceptors (Lipinski definition) is 3. The normalized spacial score (nSPS) is 18.5. The maximum atomic E-state index is 13.3. The second-order valence-corrected chi connectivity index (χ2v) is 9.70. The topological polar surface area (TPSA) is 46.5 Å². The minimum absolute atomic E-state index is 0.00512. The summed E-state index contributed by atoms with van der Waals surface area (Å²) in [5.74, 6) is 0.810. The van der Waals surface area contributed by atoms with E-state index < -0.39 is 0 Å². The van der Waals surface area contributed by atoms with Gasteiger partial charge in [-0.15, -0.1) is 0 Å². The molecule has 3 rings (SSSR count). The molecule has 3 atom stereocenters. The Morgan fingerprint density at radius 3 is 2.19 bits per heavy atom. The molecule has 0 aliphatic heterocycles. The van der Waals surface area contributed by atoms with Crippen LogP contribution in [0.1, 0.15) is 102 Å². The fourth-order valence-electron chi connectivity index (χ4n) is 5.25. The molecule has 32 heavy (non-hydrogen) atoms. The number of phenolic OH excluding ortho intramolecular Hbond substituents is 1. The van der Waals surface area contributed by atoms with Crippen molar-refractivity contribution in [3.63, 3.8) is 0 Å². The molecule has 1 N–H and O–H groups in total. The Labute approximate surface area is 194 Å². The molecule has 1 fully saturated rings. The van der Waals surface area contributed by atoms with E-state index in [0.717, 1.165) is 51.4 Å². The number of carbonyl (C=O) groups excluding carboxylic acids is 1. The molecular weight excluding hydrogens is 396 g/mol. The van der Waals surface area contributed by atoms with Gasteiger partial charge in [-0.2, -0.15) is 0 Å². The monoisotopic (exact) mass is 436 g/mol. The number of phenols is 1. The second kappa shape index (κ2) is 11.5. The smallest absolute Gasteiger partial charge is 0.309 e. The van der Waals surface area contributed by atoms with Gasteiger partial charge in [0.05, 0.1) is 5.92 Å². The molecule has 0 bridgehead atoms. The van der Waals surface area contributed by atoms with Crippen molar-refractivity contribution in [3.05, 3.63) is 65.7 Å². The van der Waals surface area contributed by atoms with Gasteiger partial charge < -0.3 is 9.84 Å². The molecule has 0 aromatic heterocycles. The first kappa shape index (κ1) is 24.4. The molecule has 174 valence electrons. The molecule has 1 aliphatic carbocycles. The lowest BCUT2D eigenvalue weighted by molar-refractivity contribution is -0.169. The Kier molecular flexibility index (Phi) is 8.78. The third-order valence-corrected chi connectivity index (χ3v) is 7.49. The summed E-state index contributed by atoms with van der Waals surface area (Å²) < 4.78 is 6.25. The Balaban J connectivity index is 1.75. The highest BCUT2D eigenvalue weighted by Gasteiger charge is 2.36. The van der Waals surface area contributed by atoms with E-state index in [1.54, 1.807) is 12.1 Å². The predicted molar refractivity (Wildman–Crippen MR) is 131 cm³/mol. The van der Waals surface area contributed by atoms with Crippen LogP contribution < -0.4 is 0 Å². The van der Waals surface area contributed by atoms with Gasteiger partial charge in [0.15, 0.2) is 0 Å². The molecule has 1 aliphatic rings. The van der Waals surface area contributed by atoms with Crippen LogP contribution in [0, 0.1) is 5.92 Å². The van der Waals surface area contributed by atoms with Crippen LogP contribution in [0.25, 0.3) is 0 Å². The molecule has 0 heterocycles. The molecule has 0 spiro atoms. The molecule has 0 amide bonds. The average molecular weight is 437 g/mol. The Bertz CT molecular complexity index is 821. The third-order valence-electron chi connectivity index (χ3n) is 7.49. The van der Waals surface area contributed by atoms with Gasteiger partial charge in [-0.3, -0.25) is 4.79 Å². The van der Waals surface area contributed by atoms with Gasteiger partial charge in [0, 0.05) is 0 Å². The number of carbonyl (C=O) groups is 1. The predicted octanol–water partition coefficient (Wildman–Crippen LogP) is 7.74. The zero-order chi connectivity index (χ0) is 23.0. The van der Waals surface area contributed by atoms with Crippen LogP contribution in [-0.4, -0.2) is 16.7 Å². The molecule has 2 aromatic rings. The standard InChI is InChI=1S/C29H40O3/c1-4-23(28(31)32-29(5-2)18-10-7-11-19-29)21-26(25-12-8-6-9-13-25)20-22(3)24-14-16-27(30)17-15-24/h6,8-9,12-17,22-23,26,30H,4-5,7,10-11,18-21H2,1-3H3. The van der Waals surface area contributed by atoms with Gasteiger partial charge >= 0.3 is 5.97 Å². The molecule has 0 saturated heterocycles. The molecule has 3 nitrogen and oxygen atoms in total. The van der Waals surface area contributed by atoms with Crippen molar-refractivity contribution in [2.45, 2.75) is 96.0 Å². The van der Waals surface area contributed by atoms with Gasteiger partial charge in [-0.05, 0) is 86.5 Å². The fourth-order valence-corrected chi connectivity index (χ4v) is 5.25. The number of rotatable bonds is 10. The van der Waals surface area contributed by atoms with Crippen molar-refractivity contribution < 1.29 is 14.6 Å². The summed E-state index contributed by atoms with van der Waals surface area (Å²) in [7, 11) is 0. The maximum Gasteiger partial charge on any atom is 0.309 e. The maximum absolute atomic E-state index is 13.3. The average Bonchev–Trinajstić information content (AvgIpc) is 2.83. The molecule has 1 saturated carbocycles. The summed E-state index contributed by atoms with van der Waals surface area (Å²) in [6, 6.07) is 18.1. The zero-order valence-corrected chi connectivity index (χ0v) is 20.1. The van der Waals surface area contributed by atoms with Crippen LogP contribution in [0.5, 0.6) is 5.75 Å². The summed E-state index contributed by atoms with van der Waals surface area (Å²) in [6.07, 6.45) is 9.06. The van der Waals surface area contributed by atoms with Crippen molar-refractivity contribution in [2.24, 2.45) is 5.92 Å². The van der Waals surface area contributed by atoms with Crippen LogP contribution in [-0.2, 0) is 9.53 Å². The van der Waals surface area contributed by atoms with Gasteiger partial charge in [0.25, 0.3) is 0 Å². The quantitative estimate of drug-likeness (QED) is 0.387. The van der Waals surface area contributed by atoms with Crippen molar-refractivity contribution >= 4 is 5.97 Å². The van der Waals surface area contributed by atoms with E-state index in [0.29, 0.717) is 11.7 Å². The summed E-state index contributed by atoms with van der Waals surface area (Å²) in [5, 5.41) is 9.63. The molecular formula is C29H40O3. The van der Waals surface area contributed by atoms with Crippen molar-refractivity contribution in [1.29, 1.82) is 0 Å². The van der Waals surface area contributed by atoms with Crippen LogP contribution in [0.2, 0.25) is 0 Å². The largest absolute Gasteiger partial charge is 0.508 e. The number of esters is 1. The SMILES string of the molecule is CCC(CC(CC(C)c1ccc(O)cc1)c1ccccc1)C(=O)OC1(CC)CCCCC1. The number of hydrogen-bond donors (Lipinski definition) is 1. The van der Waals surface area contributed by atoms with Crippen LogP contribution >= 0.6 is 0 Å². The molecule has 3 unspecified atom stereocenters. The van der Waals surface area contributed by atoms with Crippen LogP contribution in [0.15, 0.2) is 54.6 Å². The van der Waals surface area contributed by atoms with E-state index in [9.17, 15) is 9.90 Å². The van der Waals surface area contributed by atoms with Crippen molar-refractivity contribution in [2.75, 3.05) is 0 Å². The highest BCUT2D eigenvalue weighted by atomic mass is 16.6. The van der Waals surface area contributed by atoms with E-state index in [1.807, 2.05) is 18.2 Å². The highest BCUT2D eigenvalue weighted by Crippen LogP contribution is 2.38. The van der Waals surface area contributed by atoms with Gasteiger partial charge in [-0.25, -0.2) is 0 Å². The Hall–Kier alpha value is -2.29. The van der Waals surface area contributed by atoms with E-state index in [1.165, 1.54) is 17.5 Å². The summed E-state index contributed by atoms with van der Waals surface area (Å²) in [4.78, 5) is 13.3. The lowest BCUT2D eigenvalue weighted by atomic mass is 9.79. The Morgan fingerprint density at radius 2 is 1.59 bits per heavy atom. The summed E-state index contributed by atoms with van der Waals surface area (Å²) >= 11 is 0. The fraction of sp³-hybridized carbons (Fsp3) is 0.552. The second-order valence-electron chi connectivity index (χ2n) is 9.70. The minimum Gasteiger partial charge on any atom is -0.508 e. The number of benzene rings is 2. The summed E-state index contributed by atoms with van der Waals surface area (Å²) in [5.41, 5.74) is 2.25. The van der Waals surface area contributed by atoms with Crippen molar-refractivity contribution in [1.82, 2.24) is 0 Å². The van der Waals surface area contributed by atoms with Gasteiger partial charge in [-0.1, -0.05) is 69.7 Å². The first-order valence-electron chi connectivity index (χ1n) is 12.5. The van der Waals surface area contributed by atoms with Crippen LogP contribution in [0.4, 0.5) is 0 Å². The van der Waals surface area contributed by atoms with E-state index in [4.69, 9.17) is 4.74 Å². The zero-order valence-electron chi connectivity index (χ0n) is 20.1. The first-order valence-corrected chi connectivity index (χ1v) is 12.5. The van der Waals surface area contributed by atoms with E-state index >= 15 is 0 Å².